The van der Waals surface area contributed by atoms with Crippen molar-refractivity contribution in [1.29, 1.82) is 0 Å². The normalized spacial score (nSPS) is 23.0. The van der Waals surface area contributed by atoms with Crippen molar-refractivity contribution in [2.75, 3.05) is 18.1 Å². The number of hydrogen-bond acceptors (Lipinski definition) is 12. The minimum absolute atomic E-state index is 0.0154. The van der Waals surface area contributed by atoms with Gasteiger partial charge >= 0.3 is 17.9 Å². The van der Waals surface area contributed by atoms with Gasteiger partial charge in [0, 0.05) is 24.0 Å². The van der Waals surface area contributed by atoms with E-state index in [1.807, 2.05) is 6.07 Å². The van der Waals surface area contributed by atoms with Crippen LogP contribution >= 0.6 is 23.5 Å². The fraction of sp³-hybridized carbons (Fsp3) is 0.324. The average Bonchev–Trinajstić information content (AvgIpc) is 3.14. The van der Waals surface area contributed by atoms with Gasteiger partial charge in [0.25, 0.3) is 11.8 Å². The van der Waals surface area contributed by atoms with Gasteiger partial charge < -0.3 is 37.1 Å². The minimum Gasteiger partial charge on any atom is -0.477 e. The lowest BCUT2D eigenvalue weighted by atomic mass is 10.0. The Labute approximate surface area is 305 Å². The number of nitrogens with one attached hydrogen (secondary N) is 2. The smallest absolute Gasteiger partial charge is 0.352 e. The van der Waals surface area contributed by atoms with E-state index in [2.05, 4.69) is 10.6 Å². The Morgan fingerprint density at radius 2 is 1.19 bits per heavy atom. The summed E-state index contributed by atoms with van der Waals surface area (Å²) < 4.78 is 4.88. The molecule has 0 saturated carbocycles. The van der Waals surface area contributed by atoms with Crippen LogP contribution in [0.1, 0.15) is 37.1 Å². The fourth-order valence-electron chi connectivity index (χ4n) is 5.87. The summed E-state index contributed by atoms with van der Waals surface area (Å²) >= 11 is 2.72. The summed E-state index contributed by atoms with van der Waals surface area (Å²) in [5, 5.41) is 23.1. The molecule has 18 heteroatoms. The maximum atomic E-state index is 12.5. The Bertz CT molecular complexity index is 1860. The van der Waals surface area contributed by atoms with Crippen LogP contribution in [0.25, 0.3) is 0 Å². The standard InChI is InChI=1S/C18H19N3O6S.C16H17N3O4S/c1-9(22)27-7-11-8-28-17-13(16(24)21(17)14(11)18(25)26)20-15(23)12(19)10-5-3-2-4-6-10;1-8-7-24-15-11(14(21)19(15)12(8)16(22)23)18-13(20)10(17)9-5-3-2-4-6-9/h2-6,12-13,17H,7-8,19H2,1H3,(H,20,23)(H,25,26);2-6,10-11,15H,7,17H2,1H3,(H,18,20)(H,22,23)/t12?,13?,17-;10?,11?,15-/m00/s1. The van der Waals surface area contributed by atoms with Crippen molar-refractivity contribution in [3.05, 3.63) is 94.3 Å². The number of hydrogen-bond donors (Lipinski definition) is 6. The molecule has 274 valence electrons. The van der Waals surface area contributed by atoms with E-state index in [1.165, 1.54) is 35.3 Å². The third kappa shape index (κ3) is 7.69. The molecular formula is C34H36N6O10S2. The number of carbonyl (C=O) groups excluding carboxylic acids is 5. The number of carbonyl (C=O) groups is 7. The SMILES string of the molecule is CC(=O)OCC1=C(C(=O)O)N2C(=O)C(NC(=O)C(N)c3ccccc3)[C@@H]2SC1.CC1=C(C(=O)O)N2C(=O)C(NC(=O)C(N)c3ccccc3)[C@@H]2SC1. The second-order valence-electron chi connectivity index (χ2n) is 12.0. The van der Waals surface area contributed by atoms with Crippen LogP contribution < -0.4 is 22.1 Å². The van der Waals surface area contributed by atoms with Crippen molar-refractivity contribution in [2.45, 2.75) is 48.8 Å². The molecule has 2 aromatic rings. The molecule has 0 radical (unpaired) electrons. The summed E-state index contributed by atoms with van der Waals surface area (Å²) in [5.41, 5.74) is 13.9. The van der Waals surface area contributed by atoms with Crippen molar-refractivity contribution in [3.63, 3.8) is 0 Å². The van der Waals surface area contributed by atoms with Crippen LogP contribution in [0.5, 0.6) is 0 Å². The lowest BCUT2D eigenvalue weighted by molar-refractivity contribution is -0.151. The van der Waals surface area contributed by atoms with Crippen molar-refractivity contribution in [3.8, 4) is 0 Å². The lowest BCUT2D eigenvalue weighted by Gasteiger charge is -2.49. The summed E-state index contributed by atoms with van der Waals surface area (Å²) in [5.74, 6) is -4.11. The number of rotatable bonds is 10. The maximum absolute atomic E-state index is 12.5. The van der Waals surface area contributed by atoms with Crippen LogP contribution in [-0.4, -0.2) is 102 Å². The summed E-state index contributed by atoms with van der Waals surface area (Å²) in [6.07, 6.45) is 0. The minimum atomic E-state index is -1.29. The van der Waals surface area contributed by atoms with E-state index in [4.69, 9.17) is 16.2 Å². The number of benzene rings is 2. The van der Waals surface area contributed by atoms with E-state index in [1.54, 1.807) is 61.5 Å². The van der Waals surface area contributed by atoms with Gasteiger partial charge in [0.05, 0.1) is 0 Å². The van der Waals surface area contributed by atoms with Crippen LogP contribution in [0.3, 0.4) is 0 Å². The summed E-state index contributed by atoms with van der Waals surface area (Å²) in [7, 11) is 0. The molecule has 6 rings (SSSR count). The van der Waals surface area contributed by atoms with Gasteiger partial charge in [-0.1, -0.05) is 60.7 Å². The van der Waals surface area contributed by atoms with E-state index in [-0.39, 0.29) is 23.8 Å². The van der Waals surface area contributed by atoms with E-state index in [0.29, 0.717) is 28.0 Å². The molecule has 0 aromatic heterocycles. The molecule has 0 bridgehead atoms. The Kier molecular flexibility index (Phi) is 11.7. The van der Waals surface area contributed by atoms with Crippen molar-refractivity contribution in [1.82, 2.24) is 20.4 Å². The monoisotopic (exact) mass is 752 g/mol. The number of fused-ring (bicyclic) bond motifs is 2. The van der Waals surface area contributed by atoms with E-state index in [0.717, 1.165) is 4.90 Å². The number of ether oxygens (including phenoxy) is 1. The Morgan fingerprint density at radius 1 is 0.769 bits per heavy atom. The van der Waals surface area contributed by atoms with Crippen LogP contribution in [0, 0.1) is 0 Å². The number of nitrogens with two attached hydrogens (primary N) is 2. The zero-order chi connectivity index (χ0) is 37.9. The maximum Gasteiger partial charge on any atom is 0.352 e. The fourth-order valence-corrected chi connectivity index (χ4v) is 8.49. The highest BCUT2D eigenvalue weighted by molar-refractivity contribution is 8.00. The molecule has 4 amide bonds. The third-order valence-corrected chi connectivity index (χ3v) is 11.3. The Balaban J connectivity index is 0.000000203. The first-order valence-corrected chi connectivity index (χ1v) is 18.0. The largest absolute Gasteiger partial charge is 0.477 e. The van der Waals surface area contributed by atoms with Crippen LogP contribution in [0.4, 0.5) is 0 Å². The highest BCUT2D eigenvalue weighted by Gasteiger charge is 2.55. The van der Waals surface area contributed by atoms with E-state index >= 15 is 0 Å². The van der Waals surface area contributed by atoms with Crippen molar-refractivity contribution >= 4 is 65.1 Å². The first-order valence-electron chi connectivity index (χ1n) is 15.9. The number of aliphatic carboxylic acids is 2. The molecule has 6 atom stereocenters. The third-order valence-electron chi connectivity index (χ3n) is 8.54. The number of carboxylic acids is 2. The number of amides is 4. The highest BCUT2D eigenvalue weighted by atomic mass is 32.2. The molecule has 4 heterocycles. The predicted molar refractivity (Wildman–Crippen MR) is 188 cm³/mol. The molecule has 2 fully saturated rings. The number of esters is 1. The zero-order valence-corrected chi connectivity index (χ0v) is 29.5. The highest BCUT2D eigenvalue weighted by Crippen LogP contribution is 2.41. The van der Waals surface area contributed by atoms with E-state index in [9.17, 15) is 43.8 Å². The van der Waals surface area contributed by atoms with Gasteiger partial charge in [-0.05, 0) is 23.6 Å². The van der Waals surface area contributed by atoms with Gasteiger partial charge in [-0.25, -0.2) is 9.59 Å². The van der Waals surface area contributed by atoms with Gasteiger partial charge in [0.1, 0.15) is 52.9 Å². The number of thioether (sulfide) groups is 2. The number of β-lactam (4-membered cyclic amide) rings is 2. The lowest BCUT2D eigenvalue weighted by Crippen LogP contribution is -2.71. The van der Waals surface area contributed by atoms with Crippen LogP contribution in [0.15, 0.2) is 83.2 Å². The molecule has 0 spiro atoms. The summed E-state index contributed by atoms with van der Waals surface area (Å²) in [6.45, 7) is 2.71. The molecule has 16 nitrogen and oxygen atoms in total. The molecule has 2 saturated heterocycles. The average molecular weight is 753 g/mol. The van der Waals surface area contributed by atoms with Crippen molar-refractivity contribution < 1.29 is 48.5 Å². The van der Waals surface area contributed by atoms with Gasteiger partial charge in [0.2, 0.25) is 11.8 Å². The van der Waals surface area contributed by atoms with Gasteiger partial charge in [-0.3, -0.25) is 33.8 Å². The van der Waals surface area contributed by atoms with E-state index < -0.39 is 76.5 Å². The topological polar surface area (TPSA) is 252 Å². The zero-order valence-electron chi connectivity index (χ0n) is 27.9. The first kappa shape index (κ1) is 38.1. The quantitative estimate of drug-likeness (QED) is 0.142. The second-order valence-corrected chi connectivity index (χ2v) is 14.3. The van der Waals surface area contributed by atoms with Crippen molar-refractivity contribution in [2.24, 2.45) is 11.5 Å². The first-order chi connectivity index (χ1) is 24.7. The van der Waals surface area contributed by atoms with Crippen LogP contribution in [-0.2, 0) is 38.3 Å². The van der Waals surface area contributed by atoms with Gasteiger partial charge in [-0.15, -0.1) is 23.5 Å². The molecule has 0 aliphatic carbocycles. The number of carboxylic acid groups (broad SMARTS) is 2. The summed E-state index contributed by atoms with van der Waals surface area (Å²) in [4.78, 5) is 86.0. The Hall–Kier alpha value is -5.17. The molecule has 52 heavy (non-hydrogen) atoms. The molecule has 2 aromatic carbocycles. The Morgan fingerprint density at radius 3 is 1.62 bits per heavy atom. The van der Waals surface area contributed by atoms with Gasteiger partial charge in [-0.2, -0.15) is 0 Å². The van der Waals surface area contributed by atoms with Crippen LogP contribution in [0.2, 0.25) is 0 Å². The molecule has 4 aliphatic rings. The summed E-state index contributed by atoms with van der Waals surface area (Å²) in [6, 6.07) is 14.2. The molecule has 4 aliphatic heterocycles. The molecule has 4 unspecified atom stereocenters. The molecular weight excluding hydrogens is 717 g/mol. The number of nitrogens with zero attached hydrogens (tertiary/aromatic N) is 2. The van der Waals surface area contributed by atoms with Gasteiger partial charge in [0.15, 0.2) is 0 Å². The second kappa shape index (κ2) is 16.0. The predicted octanol–water partition coefficient (Wildman–Crippen LogP) is 0.433. The molecule has 8 N–H and O–H groups in total.